The van der Waals surface area contributed by atoms with Crippen LogP contribution >= 0.6 is 0 Å². The van der Waals surface area contributed by atoms with Gasteiger partial charge in [0.1, 0.15) is 11.0 Å². The van der Waals surface area contributed by atoms with Gasteiger partial charge >= 0.3 is 0 Å². The Morgan fingerprint density at radius 3 is 2.38 bits per heavy atom. The zero-order valence-electron chi connectivity index (χ0n) is 15.3. The van der Waals surface area contributed by atoms with E-state index in [2.05, 4.69) is 41.6 Å². The molecule has 3 aromatic carbocycles. The molecule has 2 unspecified atom stereocenters. The van der Waals surface area contributed by atoms with Crippen LogP contribution in [0.4, 0.5) is 0 Å². The molecule has 2 atom stereocenters. The van der Waals surface area contributed by atoms with Gasteiger partial charge in [0.05, 0.1) is 4.75 Å². The molecule has 26 heavy (non-hydrogen) atoms. The fourth-order valence-electron chi connectivity index (χ4n) is 3.18. The van der Waals surface area contributed by atoms with E-state index in [1.165, 1.54) is 10.8 Å². The third kappa shape index (κ3) is 3.79. The van der Waals surface area contributed by atoms with E-state index in [0.717, 1.165) is 11.1 Å². The Kier molecular flexibility index (Phi) is 5.70. The summed E-state index contributed by atoms with van der Waals surface area (Å²) in [7, 11) is -1.25. The number of nitrogens with one attached hydrogen (secondary N) is 1. The molecule has 0 saturated heterocycles. The first-order valence-corrected chi connectivity index (χ1v) is 10.0. The third-order valence-electron chi connectivity index (χ3n) is 4.78. The van der Waals surface area contributed by atoms with Gasteiger partial charge in [0.25, 0.3) is 0 Å². The first-order valence-electron chi connectivity index (χ1n) is 8.86. The molecule has 0 amide bonds. The van der Waals surface area contributed by atoms with E-state index in [0.29, 0.717) is 6.42 Å². The van der Waals surface area contributed by atoms with Crippen molar-refractivity contribution in [1.29, 1.82) is 0 Å². The molecule has 2 nitrogen and oxygen atoms in total. The van der Waals surface area contributed by atoms with Crippen LogP contribution in [0.3, 0.4) is 0 Å². The summed E-state index contributed by atoms with van der Waals surface area (Å²) in [6.45, 7) is 7.92. The molecular weight excluding hydrogens is 338 g/mol. The van der Waals surface area contributed by atoms with Crippen LogP contribution in [0.2, 0.25) is 0 Å². The van der Waals surface area contributed by atoms with Gasteiger partial charge in [-0.15, -0.1) is 6.58 Å². The van der Waals surface area contributed by atoms with Crippen LogP contribution in [0.25, 0.3) is 10.8 Å². The van der Waals surface area contributed by atoms with Crippen molar-refractivity contribution in [2.45, 2.75) is 31.1 Å². The minimum atomic E-state index is -1.25. The second kappa shape index (κ2) is 7.98. The molecule has 0 bridgehead atoms. The smallest absolute Gasteiger partial charge is 0.102 e. The zero-order valence-corrected chi connectivity index (χ0v) is 16.1. The van der Waals surface area contributed by atoms with Crippen LogP contribution in [0.15, 0.2) is 85.5 Å². The molecule has 0 radical (unpaired) electrons. The molecule has 0 spiro atoms. The lowest BCUT2D eigenvalue weighted by Gasteiger charge is -2.28. The highest BCUT2D eigenvalue weighted by atomic mass is 32.2. The first-order chi connectivity index (χ1) is 12.5. The van der Waals surface area contributed by atoms with Gasteiger partial charge in [-0.25, -0.2) is 8.93 Å². The van der Waals surface area contributed by atoms with E-state index < -0.39 is 15.7 Å². The van der Waals surface area contributed by atoms with Crippen molar-refractivity contribution in [2.75, 3.05) is 0 Å². The van der Waals surface area contributed by atoms with Gasteiger partial charge in [0.2, 0.25) is 0 Å². The second-order valence-corrected chi connectivity index (χ2v) is 8.70. The largest absolute Gasteiger partial charge is 0.242 e. The van der Waals surface area contributed by atoms with E-state index in [9.17, 15) is 4.21 Å². The number of hydrogen-bond donors (Lipinski definition) is 1. The van der Waals surface area contributed by atoms with E-state index in [-0.39, 0.29) is 6.04 Å². The Balaban J connectivity index is 1.94. The van der Waals surface area contributed by atoms with Crippen LogP contribution < -0.4 is 4.72 Å². The molecule has 3 aromatic rings. The summed E-state index contributed by atoms with van der Waals surface area (Å²) in [4.78, 5) is 0. The summed E-state index contributed by atoms with van der Waals surface area (Å²) in [5.41, 5.74) is 2.21. The fraction of sp³-hybridized carbons (Fsp3) is 0.217. The van der Waals surface area contributed by atoms with Gasteiger partial charge in [-0.2, -0.15) is 0 Å². The first kappa shape index (κ1) is 18.6. The molecule has 0 aromatic heterocycles. The summed E-state index contributed by atoms with van der Waals surface area (Å²) in [5, 5.41) is 2.37. The summed E-state index contributed by atoms with van der Waals surface area (Å²) in [6.07, 6.45) is 2.59. The SMILES string of the molecule is C=CCC(NS(=O)C(C)(C)c1ccccc1)c1cccc2ccccc12. The molecular formula is C23H25NOS. The molecule has 0 aliphatic rings. The number of fused-ring (bicyclic) bond motifs is 1. The van der Waals surface area contributed by atoms with Crippen LogP contribution in [-0.4, -0.2) is 4.21 Å². The minimum absolute atomic E-state index is 0.0533. The maximum absolute atomic E-state index is 13.2. The van der Waals surface area contributed by atoms with E-state index >= 15 is 0 Å². The maximum atomic E-state index is 13.2. The predicted octanol–water partition coefficient (Wildman–Crippen LogP) is 5.65. The Morgan fingerprint density at radius 1 is 1.00 bits per heavy atom. The number of hydrogen-bond acceptors (Lipinski definition) is 1. The number of benzene rings is 3. The monoisotopic (exact) mass is 363 g/mol. The third-order valence-corrected chi connectivity index (χ3v) is 6.44. The molecule has 0 heterocycles. The summed E-state index contributed by atoms with van der Waals surface area (Å²) in [5.74, 6) is 0. The molecule has 3 heteroatoms. The van der Waals surface area contributed by atoms with Crippen molar-refractivity contribution in [2.24, 2.45) is 0 Å². The Labute approximate surface area is 158 Å². The molecule has 1 N–H and O–H groups in total. The fourth-order valence-corrected chi connectivity index (χ4v) is 4.31. The maximum Gasteiger partial charge on any atom is 0.102 e. The topological polar surface area (TPSA) is 29.1 Å². The van der Waals surface area contributed by atoms with Crippen LogP contribution in [0, 0.1) is 0 Å². The molecule has 134 valence electrons. The van der Waals surface area contributed by atoms with Gasteiger partial charge in [-0.3, -0.25) is 0 Å². The van der Waals surface area contributed by atoms with Crippen LogP contribution in [0.1, 0.15) is 37.4 Å². The average Bonchev–Trinajstić information content (AvgIpc) is 2.67. The Bertz CT molecular complexity index is 912. The highest BCUT2D eigenvalue weighted by Crippen LogP contribution is 2.31. The lowest BCUT2D eigenvalue weighted by molar-refractivity contribution is 0.598. The summed E-state index contributed by atoms with van der Waals surface area (Å²) < 4.78 is 16.1. The quantitative estimate of drug-likeness (QED) is 0.540. The number of rotatable bonds is 7. The zero-order chi connectivity index (χ0) is 18.6. The van der Waals surface area contributed by atoms with Gasteiger partial charge < -0.3 is 0 Å². The van der Waals surface area contributed by atoms with Crippen molar-refractivity contribution in [3.8, 4) is 0 Å². The second-order valence-electron chi connectivity index (χ2n) is 6.91. The molecule has 0 fully saturated rings. The summed E-state index contributed by atoms with van der Waals surface area (Å²) in [6, 6.07) is 24.5. The van der Waals surface area contributed by atoms with E-state index in [4.69, 9.17) is 0 Å². The highest BCUT2D eigenvalue weighted by molar-refractivity contribution is 7.84. The van der Waals surface area contributed by atoms with E-state index in [1.54, 1.807) is 0 Å². The Hall–Kier alpha value is -2.23. The molecule has 0 aliphatic heterocycles. The van der Waals surface area contributed by atoms with Crippen molar-refractivity contribution in [3.63, 3.8) is 0 Å². The van der Waals surface area contributed by atoms with Gasteiger partial charge in [0, 0.05) is 6.04 Å². The lowest BCUT2D eigenvalue weighted by Crippen LogP contribution is -2.36. The predicted molar refractivity (Wildman–Crippen MR) is 112 cm³/mol. The average molecular weight is 364 g/mol. The van der Waals surface area contributed by atoms with Crippen LogP contribution in [0.5, 0.6) is 0 Å². The molecule has 0 saturated carbocycles. The van der Waals surface area contributed by atoms with Crippen LogP contribution in [-0.2, 0) is 15.7 Å². The van der Waals surface area contributed by atoms with Crippen molar-refractivity contribution >= 4 is 21.8 Å². The van der Waals surface area contributed by atoms with Gasteiger partial charge in [0.15, 0.2) is 0 Å². The van der Waals surface area contributed by atoms with Gasteiger partial charge in [-0.1, -0.05) is 78.9 Å². The molecule has 0 aliphatic carbocycles. The molecule has 3 rings (SSSR count). The summed E-state index contributed by atoms with van der Waals surface area (Å²) >= 11 is 0. The van der Waals surface area contributed by atoms with E-state index in [1.807, 2.05) is 62.4 Å². The normalized spacial score (nSPS) is 14.1. The highest BCUT2D eigenvalue weighted by Gasteiger charge is 2.30. The van der Waals surface area contributed by atoms with Crippen molar-refractivity contribution in [1.82, 2.24) is 4.72 Å². The Morgan fingerprint density at radius 2 is 1.65 bits per heavy atom. The standard InChI is InChI=1S/C23H25NOS/c1-4-11-22(21-17-10-13-18-12-8-9-16-20(18)21)24-26(25)23(2,3)19-14-6-5-7-15-19/h4-10,12-17,22,24H,1,11H2,2-3H3. The minimum Gasteiger partial charge on any atom is -0.242 e. The lowest BCUT2D eigenvalue weighted by atomic mass is 9.97. The van der Waals surface area contributed by atoms with Gasteiger partial charge in [-0.05, 0) is 42.2 Å². The van der Waals surface area contributed by atoms with Crippen molar-refractivity contribution in [3.05, 3.63) is 96.6 Å². The van der Waals surface area contributed by atoms with Crippen molar-refractivity contribution < 1.29 is 4.21 Å².